The number of hydrogen-bond donors (Lipinski definition) is 0. The van der Waals surface area contributed by atoms with E-state index in [1.165, 1.54) is 25.7 Å². The number of hydrogen-bond acceptors (Lipinski definition) is 3. The fourth-order valence-corrected chi connectivity index (χ4v) is 2.41. The molecule has 1 amide bonds. The second kappa shape index (κ2) is 8.10. The van der Waals surface area contributed by atoms with E-state index in [1.807, 2.05) is 13.0 Å². The first-order chi connectivity index (χ1) is 8.69. The summed E-state index contributed by atoms with van der Waals surface area (Å²) < 4.78 is 5.86. The molecule has 1 saturated carbocycles. The summed E-state index contributed by atoms with van der Waals surface area (Å²) in [5, 5.41) is 8.67. The molecule has 1 fully saturated rings. The molecule has 102 valence electrons. The molecule has 0 N–H and O–H groups in total. The SMILES string of the molecule is CCN(CC#N)C(=O)[C@@H](C)OC1CCCCCC1. The van der Waals surface area contributed by atoms with Crippen LogP contribution in [-0.2, 0) is 9.53 Å². The second-order valence-electron chi connectivity index (χ2n) is 4.90. The maximum Gasteiger partial charge on any atom is 0.252 e. The summed E-state index contributed by atoms with van der Waals surface area (Å²) in [6.45, 7) is 4.39. The van der Waals surface area contributed by atoms with Crippen molar-refractivity contribution < 1.29 is 9.53 Å². The first-order valence-electron chi connectivity index (χ1n) is 7.00. The van der Waals surface area contributed by atoms with E-state index in [0.29, 0.717) is 6.54 Å². The second-order valence-corrected chi connectivity index (χ2v) is 4.90. The first kappa shape index (κ1) is 15.0. The molecule has 0 saturated heterocycles. The highest BCUT2D eigenvalue weighted by Crippen LogP contribution is 2.21. The molecule has 0 unspecified atom stereocenters. The smallest absolute Gasteiger partial charge is 0.252 e. The van der Waals surface area contributed by atoms with Crippen LogP contribution >= 0.6 is 0 Å². The van der Waals surface area contributed by atoms with Crippen LogP contribution in [0.15, 0.2) is 0 Å². The van der Waals surface area contributed by atoms with Crippen molar-refractivity contribution in [1.82, 2.24) is 4.90 Å². The van der Waals surface area contributed by atoms with Gasteiger partial charge in [0.25, 0.3) is 5.91 Å². The van der Waals surface area contributed by atoms with Crippen LogP contribution in [0.25, 0.3) is 0 Å². The lowest BCUT2D eigenvalue weighted by atomic mass is 10.1. The van der Waals surface area contributed by atoms with Gasteiger partial charge in [-0.2, -0.15) is 5.26 Å². The maximum absolute atomic E-state index is 12.1. The van der Waals surface area contributed by atoms with E-state index in [0.717, 1.165) is 12.8 Å². The number of amides is 1. The number of ether oxygens (including phenoxy) is 1. The average molecular weight is 252 g/mol. The predicted molar refractivity (Wildman–Crippen MR) is 69.9 cm³/mol. The van der Waals surface area contributed by atoms with Gasteiger partial charge in [-0.1, -0.05) is 25.7 Å². The fourth-order valence-electron chi connectivity index (χ4n) is 2.41. The number of carbonyl (C=O) groups excluding carboxylic acids is 1. The zero-order valence-corrected chi connectivity index (χ0v) is 11.5. The quantitative estimate of drug-likeness (QED) is 0.558. The van der Waals surface area contributed by atoms with Crippen molar-refractivity contribution in [2.75, 3.05) is 13.1 Å². The van der Waals surface area contributed by atoms with Gasteiger partial charge < -0.3 is 9.64 Å². The van der Waals surface area contributed by atoms with Gasteiger partial charge in [0.1, 0.15) is 12.6 Å². The average Bonchev–Trinajstić information content (AvgIpc) is 2.63. The Kier molecular flexibility index (Phi) is 6.74. The van der Waals surface area contributed by atoms with Crippen LogP contribution in [0.4, 0.5) is 0 Å². The van der Waals surface area contributed by atoms with E-state index in [4.69, 9.17) is 10.00 Å². The van der Waals surface area contributed by atoms with E-state index < -0.39 is 6.10 Å². The molecule has 1 rings (SSSR count). The van der Waals surface area contributed by atoms with E-state index in [1.54, 1.807) is 11.8 Å². The Balaban J connectivity index is 2.44. The van der Waals surface area contributed by atoms with E-state index in [9.17, 15) is 4.79 Å². The van der Waals surface area contributed by atoms with Crippen LogP contribution in [0.5, 0.6) is 0 Å². The van der Waals surface area contributed by atoms with E-state index >= 15 is 0 Å². The standard InChI is InChI=1S/C14H24N2O2/c1-3-16(11-10-15)14(17)12(2)18-13-8-6-4-5-7-9-13/h12-13H,3-9,11H2,1-2H3/t12-/m1/s1. The van der Waals surface area contributed by atoms with Gasteiger partial charge in [-0.25, -0.2) is 0 Å². The van der Waals surface area contributed by atoms with Gasteiger partial charge in [-0.05, 0) is 26.7 Å². The van der Waals surface area contributed by atoms with Crippen LogP contribution in [0.3, 0.4) is 0 Å². The number of carbonyl (C=O) groups is 1. The Hall–Kier alpha value is -1.08. The van der Waals surface area contributed by atoms with Crippen LogP contribution in [0.1, 0.15) is 52.4 Å². The molecular weight excluding hydrogens is 228 g/mol. The third-order valence-corrected chi connectivity index (χ3v) is 3.50. The van der Waals surface area contributed by atoms with Crippen LogP contribution in [0, 0.1) is 11.3 Å². The third kappa shape index (κ3) is 4.66. The van der Waals surface area contributed by atoms with Crippen LogP contribution < -0.4 is 0 Å². The van der Waals surface area contributed by atoms with Gasteiger partial charge >= 0.3 is 0 Å². The summed E-state index contributed by atoms with van der Waals surface area (Å²) in [4.78, 5) is 13.6. The molecule has 0 bridgehead atoms. The van der Waals surface area contributed by atoms with Gasteiger partial charge in [0.2, 0.25) is 0 Å². The van der Waals surface area contributed by atoms with Gasteiger partial charge in [0, 0.05) is 6.54 Å². The van der Waals surface area contributed by atoms with Crippen molar-refractivity contribution in [2.45, 2.75) is 64.6 Å². The van der Waals surface area contributed by atoms with Gasteiger partial charge in [0.05, 0.1) is 12.2 Å². The highest BCUT2D eigenvalue weighted by molar-refractivity contribution is 5.80. The van der Waals surface area contributed by atoms with E-state index in [-0.39, 0.29) is 18.6 Å². The van der Waals surface area contributed by atoms with Crippen molar-refractivity contribution >= 4 is 5.91 Å². The minimum Gasteiger partial charge on any atom is -0.365 e. The molecule has 4 heteroatoms. The Morgan fingerprint density at radius 1 is 1.39 bits per heavy atom. The zero-order valence-electron chi connectivity index (χ0n) is 11.5. The fraction of sp³-hybridized carbons (Fsp3) is 0.857. The van der Waals surface area contributed by atoms with Gasteiger partial charge in [0.15, 0.2) is 0 Å². The van der Waals surface area contributed by atoms with Crippen molar-refractivity contribution in [2.24, 2.45) is 0 Å². The molecule has 0 heterocycles. The molecule has 1 aliphatic carbocycles. The Labute approximate surface area is 110 Å². The maximum atomic E-state index is 12.1. The summed E-state index contributed by atoms with van der Waals surface area (Å²) in [6.07, 6.45) is 6.84. The summed E-state index contributed by atoms with van der Waals surface area (Å²) in [7, 11) is 0. The lowest BCUT2D eigenvalue weighted by Gasteiger charge is -2.25. The normalized spacial score (nSPS) is 18.7. The van der Waals surface area contributed by atoms with Crippen molar-refractivity contribution in [3.8, 4) is 6.07 Å². The number of rotatable bonds is 5. The number of nitriles is 1. The van der Waals surface area contributed by atoms with Crippen molar-refractivity contribution in [3.63, 3.8) is 0 Å². The Morgan fingerprint density at radius 3 is 2.50 bits per heavy atom. The Bertz CT molecular complexity index is 291. The minimum atomic E-state index is -0.429. The monoisotopic (exact) mass is 252 g/mol. The molecule has 0 spiro atoms. The molecule has 1 atom stereocenters. The highest BCUT2D eigenvalue weighted by Gasteiger charge is 2.23. The summed E-state index contributed by atoms with van der Waals surface area (Å²) >= 11 is 0. The number of nitrogens with zero attached hydrogens (tertiary/aromatic N) is 2. The molecule has 4 nitrogen and oxygen atoms in total. The van der Waals surface area contributed by atoms with Crippen LogP contribution in [-0.4, -0.2) is 36.1 Å². The zero-order chi connectivity index (χ0) is 13.4. The molecule has 1 aliphatic rings. The number of likely N-dealkylation sites (N-methyl/N-ethyl adjacent to an activating group) is 1. The molecule has 0 aromatic heterocycles. The predicted octanol–water partition coefficient (Wildman–Crippen LogP) is 2.49. The van der Waals surface area contributed by atoms with Gasteiger partial charge in [-0.15, -0.1) is 0 Å². The lowest BCUT2D eigenvalue weighted by molar-refractivity contribution is -0.145. The topological polar surface area (TPSA) is 53.3 Å². The summed E-state index contributed by atoms with van der Waals surface area (Å²) in [5.74, 6) is -0.0664. The molecule has 0 aliphatic heterocycles. The summed E-state index contributed by atoms with van der Waals surface area (Å²) in [5.41, 5.74) is 0. The van der Waals surface area contributed by atoms with Crippen molar-refractivity contribution in [3.05, 3.63) is 0 Å². The Morgan fingerprint density at radius 2 is 2.00 bits per heavy atom. The molecule has 0 aromatic carbocycles. The minimum absolute atomic E-state index is 0.0664. The molecule has 0 radical (unpaired) electrons. The molecule has 18 heavy (non-hydrogen) atoms. The van der Waals surface area contributed by atoms with Crippen LogP contribution in [0.2, 0.25) is 0 Å². The molecular formula is C14H24N2O2. The molecule has 0 aromatic rings. The van der Waals surface area contributed by atoms with Crippen molar-refractivity contribution in [1.29, 1.82) is 5.26 Å². The van der Waals surface area contributed by atoms with E-state index in [2.05, 4.69) is 0 Å². The van der Waals surface area contributed by atoms with Gasteiger partial charge in [-0.3, -0.25) is 4.79 Å². The largest absolute Gasteiger partial charge is 0.365 e. The third-order valence-electron chi connectivity index (χ3n) is 3.50. The first-order valence-corrected chi connectivity index (χ1v) is 7.00. The summed E-state index contributed by atoms with van der Waals surface area (Å²) in [6, 6.07) is 2.02. The lowest BCUT2D eigenvalue weighted by Crippen LogP contribution is -2.40. The highest BCUT2D eigenvalue weighted by atomic mass is 16.5.